The van der Waals surface area contributed by atoms with Crippen LogP contribution in [0.2, 0.25) is 0 Å². The monoisotopic (exact) mass is 1320 g/mol. The molecule has 5 aromatic heterocycles. The quantitative estimate of drug-likeness (QED) is 0.140. The maximum absolute atomic E-state index is 7.80. The number of fused-ring (bicyclic) bond motifs is 19. The lowest BCUT2D eigenvalue weighted by Gasteiger charge is -2.35. The van der Waals surface area contributed by atoms with Gasteiger partial charge in [0.2, 0.25) is 0 Å². The highest BCUT2D eigenvalue weighted by Crippen LogP contribution is 2.48. The highest BCUT2D eigenvalue weighted by atomic mass is 16.5. The van der Waals surface area contributed by atoms with Crippen LogP contribution in [-0.2, 0) is 0 Å². The van der Waals surface area contributed by atoms with E-state index in [4.69, 9.17) is 4.74 Å². The first-order chi connectivity index (χ1) is 51.5. The van der Waals surface area contributed by atoms with Crippen molar-refractivity contribution in [2.75, 3.05) is 0 Å². The largest absolute Gasteiger partial charge is 0.458 e. The minimum absolute atomic E-state index is 0.273. The summed E-state index contributed by atoms with van der Waals surface area (Å²) in [5, 5.41) is 12.1. The second-order valence-corrected chi connectivity index (χ2v) is 28.3. The molecule has 0 N–H and O–H groups in total. The second kappa shape index (κ2) is 21.7. The fraction of sp³-hybridized carbons (Fsp3) is 0.0103. The van der Waals surface area contributed by atoms with Crippen molar-refractivity contribution in [2.24, 2.45) is 0 Å². The van der Waals surface area contributed by atoms with Crippen LogP contribution in [0.3, 0.4) is 0 Å². The van der Waals surface area contributed by atoms with Crippen LogP contribution >= 0.6 is 0 Å². The van der Waals surface area contributed by atoms with Crippen LogP contribution in [0.1, 0.15) is 5.56 Å². The van der Waals surface area contributed by atoms with Crippen LogP contribution in [0.5, 0.6) is 11.5 Å². The number of hydrogen-bond donors (Lipinski definition) is 0. The van der Waals surface area contributed by atoms with Gasteiger partial charge in [-0.15, -0.1) is 0 Å². The van der Waals surface area contributed by atoms with Crippen molar-refractivity contribution >= 4 is 132 Å². The lowest BCUT2D eigenvalue weighted by molar-refractivity contribution is 0.488. The Kier molecular flexibility index (Phi) is 11.9. The van der Waals surface area contributed by atoms with Crippen molar-refractivity contribution in [1.82, 2.24) is 22.8 Å². The van der Waals surface area contributed by atoms with E-state index in [1.807, 2.05) is 0 Å². The van der Waals surface area contributed by atoms with Gasteiger partial charge in [0.15, 0.2) is 0 Å². The molecule has 0 amide bonds. The SMILES string of the molecule is Cc1cc2c3c(c1)-n1c4ccc(-n5c6ccccc6c6cc(-n7c8ccccc8c8ccccc87)ccc65)cc4c4cc(-n5c6ccccc6c6cc(-n7c8ccccc8c8ccccc87)ccc65)cc(c41)B3c1cc(-c3ccccc3-c3ccccc3)cc(-c3ccccc3-c3ccccc3)c1O2. The van der Waals surface area contributed by atoms with E-state index in [1.54, 1.807) is 0 Å². The van der Waals surface area contributed by atoms with E-state index >= 15 is 0 Å². The summed E-state index contributed by atoms with van der Waals surface area (Å²) in [6, 6.07) is 129. The summed E-state index contributed by atoms with van der Waals surface area (Å²) in [6.45, 7) is 1.95. The molecule has 2 aliphatic rings. The Hall–Kier alpha value is -13.6. The third-order valence-electron chi connectivity index (χ3n) is 22.7. The molecule has 6 nitrogen and oxygen atoms in total. The molecule has 104 heavy (non-hydrogen) atoms. The van der Waals surface area contributed by atoms with Crippen molar-refractivity contribution in [1.29, 1.82) is 0 Å². The van der Waals surface area contributed by atoms with Crippen LogP contribution in [0.25, 0.3) is 182 Å². The van der Waals surface area contributed by atoms with E-state index < -0.39 is 0 Å². The Balaban J connectivity index is 0.815. The number of hydrogen-bond acceptors (Lipinski definition) is 1. The van der Waals surface area contributed by atoms with Crippen LogP contribution < -0.4 is 21.1 Å². The van der Waals surface area contributed by atoms with Gasteiger partial charge in [0.25, 0.3) is 6.71 Å². The number of benzene rings is 16. The van der Waals surface area contributed by atoms with Gasteiger partial charge in [-0.1, -0.05) is 224 Å². The van der Waals surface area contributed by atoms with Crippen LogP contribution in [0.15, 0.2) is 346 Å². The smallest absolute Gasteiger partial charge is 0.256 e. The van der Waals surface area contributed by atoms with Crippen molar-refractivity contribution < 1.29 is 4.74 Å². The Labute approximate surface area is 598 Å². The topological polar surface area (TPSA) is 33.9 Å². The molecule has 23 rings (SSSR count). The number of nitrogens with zero attached hydrogens (tertiary/aromatic N) is 5. The first-order valence-electron chi connectivity index (χ1n) is 36.0. The third kappa shape index (κ3) is 8.06. The molecule has 0 radical (unpaired) electrons. The molecule has 2 aliphatic heterocycles. The molecule has 0 unspecified atom stereocenters. The predicted octanol–water partition coefficient (Wildman–Crippen LogP) is 23.1. The Morgan fingerprint density at radius 3 is 1.07 bits per heavy atom. The van der Waals surface area contributed by atoms with E-state index in [2.05, 4.69) is 376 Å². The first kappa shape index (κ1) is 57.2. The molecule has 7 heterocycles. The average Bonchev–Trinajstić information content (AvgIpc) is 1.38. The first-order valence-corrected chi connectivity index (χ1v) is 36.0. The normalized spacial score (nSPS) is 12.5. The van der Waals surface area contributed by atoms with Gasteiger partial charge in [0.1, 0.15) is 11.5 Å². The Bertz CT molecular complexity index is 7180. The molecule has 0 spiro atoms. The number of aromatic nitrogens is 5. The third-order valence-corrected chi connectivity index (χ3v) is 22.7. The molecular formula is C97H60BN5O. The molecule has 0 fully saturated rings. The summed E-state index contributed by atoms with van der Waals surface area (Å²) in [5.41, 5.74) is 30.9. The maximum atomic E-state index is 7.80. The van der Waals surface area contributed by atoms with Crippen LogP contribution in [0, 0.1) is 6.92 Å². The van der Waals surface area contributed by atoms with Gasteiger partial charge in [-0.05, 0) is 189 Å². The zero-order valence-corrected chi connectivity index (χ0v) is 56.6. The molecule has 7 heteroatoms. The predicted molar refractivity (Wildman–Crippen MR) is 436 cm³/mol. The summed E-state index contributed by atoms with van der Waals surface area (Å²) in [4.78, 5) is 0. The Morgan fingerprint density at radius 2 is 0.596 bits per heavy atom. The molecule has 482 valence electrons. The zero-order valence-electron chi connectivity index (χ0n) is 56.6. The fourth-order valence-electron chi connectivity index (χ4n) is 18.5. The summed E-state index contributed by atoms with van der Waals surface area (Å²) >= 11 is 0. The van der Waals surface area contributed by atoms with Crippen molar-refractivity contribution in [3.8, 4) is 84.4 Å². The zero-order chi connectivity index (χ0) is 68.0. The number of ether oxygens (including phenoxy) is 1. The standard InChI is InChI=1S/C97H60BN5O/c1-59-50-93-95-94(51-59)104-97-81(70-31-11-10-29-68(70)61-26-6-3-7-27-61)52-62(69-30-9-8-28-67(69)60-24-4-2-5-25-60)53-83(97)98(95)82-58-66(102-89-43-23-17-37-76(89)78-55-64(45-48-91(78)102)100-86-40-20-14-34-73(86)74-35-15-21-41-87(74)100)57-80-79-56-65(46-49-92(79)103(93)96(80)82)101-88-42-22-16-36-75(88)77-54-63(44-47-90(77)101)99-84-38-18-12-32-71(84)72-33-13-19-39-85(72)99/h2-58H,1H3. The number of rotatable bonds is 8. The van der Waals surface area contributed by atoms with E-state index in [-0.39, 0.29) is 6.71 Å². The molecule has 0 bridgehead atoms. The summed E-state index contributed by atoms with van der Waals surface area (Å²) in [6.07, 6.45) is 0. The Morgan fingerprint density at radius 1 is 0.240 bits per heavy atom. The highest BCUT2D eigenvalue weighted by Gasteiger charge is 2.43. The van der Waals surface area contributed by atoms with Gasteiger partial charge < -0.3 is 27.6 Å². The molecule has 0 atom stereocenters. The van der Waals surface area contributed by atoms with Crippen molar-refractivity contribution in [3.63, 3.8) is 0 Å². The molecule has 21 aromatic rings. The molecular weight excluding hydrogens is 1260 g/mol. The van der Waals surface area contributed by atoms with Gasteiger partial charge in [-0.2, -0.15) is 0 Å². The molecule has 0 aliphatic carbocycles. The van der Waals surface area contributed by atoms with Gasteiger partial charge in [0, 0.05) is 93.4 Å². The lowest BCUT2D eigenvalue weighted by Crippen LogP contribution is -2.58. The molecule has 0 saturated heterocycles. The lowest BCUT2D eigenvalue weighted by atomic mass is 9.34. The van der Waals surface area contributed by atoms with Crippen molar-refractivity contribution in [2.45, 2.75) is 6.92 Å². The minimum atomic E-state index is -0.273. The van der Waals surface area contributed by atoms with E-state index in [0.717, 1.165) is 117 Å². The van der Waals surface area contributed by atoms with Crippen LogP contribution in [-0.4, -0.2) is 29.5 Å². The number of aryl methyl sites for hydroxylation is 1. The molecule has 16 aromatic carbocycles. The van der Waals surface area contributed by atoms with Crippen LogP contribution in [0.4, 0.5) is 0 Å². The summed E-state index contributed by atoms with van der Waals surface area (Å²) in [7, 11) is 0. The second-order valence-electron chi connectivity index (χ2n) is 28.3. The summed E-state index contributed by atoms with van der Waals surface area (Å²) < 4.78 is 20.3. The van der Waals surface area contributed by atoms with Crippen molar-refractivity contribution in [3.05, 3.63) is 351 Å². The van der Waals surface area contributed by atoms with Gasteiger partial charge >= 0.3 is 0 Å². The average molecular weight is 1320 g/mol. The highest BCUT2D eigenvalue weighted by molar-refractivity contribution is 6.99. The van der Waals surface area contributed by atoms with E-state index in [0.29, 0.717) is 0 Å². The van der Waals surface area contributed by atoms with E-state index in [1.165, 1.54) is 98.0 Å². The van der Waals surface area contributed by atoms with Gasteiger partial charge in [-0.3, -0.25) is 0 Å². The number of para-hydroxylation sites is 6. The molecule has 0 saturated carbocycles. The van der Waals surface area contributed by atoms with E-state index in [9.17, 15) is 0 Å². The maximum Gasteiger partial charge on any atom is 0.256 e. The summed E-state index contributed by atoms with van der Waals surface area (Å²) in [5.74, 6) is 1.74. The van der Waals surface area contributed by atoms with Gasteiger partial charge in [0.05, 0.1) is 49.7 Å². The fourth-order valence-corrected chi connectivity index (χ4v) is 18.5. The minimum Gasteiger partial charge on any atom is -0.458 e. The van der Waals surface area contributed by atoms with Gasteiger partial charge in [-0.25, -0.2) is 0 Å².